The first-order valence-electron chi connectivity index (χ1n) is 13.5. The standard InChI is InChI=1S/C30H48N2O4/c1-7-9-10-11-12-13-20-31-26-17-18-27(30(34)36-8-2)28(22-26)32(6)29(33)23-35-21-19-25(5)16-14-15-24(3)4/h15,17-19,22,31H,7-14,16,20-21,23H2,1-6H3/b25-19+. The van der Waals surface area contributed by atoms with E-state index < -0.39 is 5.97 Å². The van der Waals surface area contributed by atoms with Gasteiger partial charge in [0.1, 0.15) is 6.61 Å². The molecule has 0 radical (unpaired) electrons. The SMILES string of the molecule is CCCCCCCCNc1ccc(C(=O)OCC)c(N(C)C(=O)COC/C=C(\C)CCC=C(C)C)c1. The zero-order chi connectivity index (χ0) is 26.8. The largest absolute Gasteiger partial charge is 0.462 e. The molecule has 1 N–H and O–H groups in total. The second kappa shape index (κ2) is 18.6. The summed E-state index contributed by atoms with van der Waals surface area (Å²) < 4.78 is 10.8. The number of rotatable bonds is 18. The van der Waals surface area contributed by atoms with Crippen LogP contribution in [0.5, 0.6) is 0 Å². The lowest BCUT2D eigenvalue weighted by Crippen LogP contribution is -2.31. The second-order valence-corrected chi connectivity index (χ2v) is 9.49. The van der Waals surface area contributed by atoms with Gasteiger partial charge in [-0.25, -0.2) is 4.79 Å². The second-order valence-electron chi connectivity index (χ2n) is 9.49. The summed E-state index contributed by atoms with van der Waals surface area (Å²) in [6, 6.07) is 5.43. The molecule has 0 bridgehead atoms. The fourth-order valence-corrected chi connectivity index (χ4v) is 3.71. The van der Waals surface area contributed by atoms with Crippen LogP contribution in [0.15, 0.2) is 41.5 Å². The van der Waals surface area contributed by atoms with Crippen molar-refractivity contribution >= 4 is 23.3 Å². The summed E-state index contributed by atoms with van der Waals surface area (Å²) in [4.78, 5) is 26.9. The van der Waals surface area contributed by atoms with Crippen molar-refractivity contribution in [2.75, 3.05) is 43.6 Å². The van der Waals surface area contributed by atoms with Crippen molar-refractivity contribution in [3.8, 4) is 0 Å². The van der Waals surface area contributed by atoms with E-state index in [0.717, 1.165) is 31.5 Å². The molecule has 0 aliphatic carbocycles. The number of hydrogen-bond acceptors (Lipinski definition) is 5. The van der Waals surface area contributed by atoms with E-state index in [-0.39, 0.29) is 19.1 Å². The van der Waals surface area contributed by atoms with Crippen molar-refractivity contribution in [1.29, 1.82) is 0 Å². The molecule has 1 aromatic carbocycles. The third kappa shape index (κ3) is 12.9. The summed E-state index contributed by atoms with van der Waals surface area (Å²) in [6.45, 7) is 11.7. The number of allylic oxidation sites excluding steroid dienone is 3. The van der Waals surface area contributed by atoms with Crippen LogP contribution >= 0.6 is 0 Å². The fraction of sp³-hybridized carbons (Fsp3) is 0.600. The average Bonchev–Trinajstić information content (AvgIpc) is 2.85. The molecule has 202 valence electrons. The van der Waals surface area contributed by atoms with Gasteiger partial charge in [-0.1, -0.05) is 62.3 Å². The monoisotopic (exact) mass is 500 g/mol. The number of esters is 1. The number of hydrogen-bond donors (Lipinski definition) is 1. The number of amides is 1. The molecule has 0 aromatic heterocycles. The maximum Gasteiger partial charge on any atom is 0.340 e. The van der Waals surface area contributed by atoms with Gasteiger partial charge in [0.25, 0.3) is 5.91 Å². The predicted molar refractivity (Wildman–Crippen MR) is 151 cm³/mol. The average molecular weight is 501 g/mol. The van der Waals surface area contributed by atoms with E-state index in [2.05, 4.69) is 39.1 Å². The van der Waals surface area contributed by atoms with Crippen molar-refractivity contribution in [3.05, 3.63) is 47.1 Å². The molecule has 6 heteroatoms. The van der Waals surface area contributed by atoms with E-state index in [1.807, 2.05) is 18.2 Å². The molecule has 0 saturated heterocycles. The number of likely N-dealkylation sites (N-methyl/N-ethyl adjacent to an activating group) is 1. The van der Waals surface area contributed by atoms with Crippen LogP contribution in [0, 0.1) is 0 Å². The Morgan fingerprint density at radius 3 is 2.42 bits per heavy atom. The summed E-state index contributed by atoms with van der Waals surface area (Å²) >= 11 is 0. The molecule has 1 aromatic rings. The Labute approximate surface area is 219 Å². The van der Waals surface area contributed by atoms with Gasteiger partial charge < -0.3 is 19.7 Å². The normalized spacial score (nSPS) is 11.2. The third-order valence-corrected chi connectivity index (χ3v) is 5.95. The Hall–Kier alpha value is -2.60. The topological polar surface area (TPSA) is 67.9 Å². The molecule has 0 unspecified atom stereocenters. The third-order valence-electron chi connectivity index (χ3n) is 5.95. The molecular weight excluding hydrogens is 452 g/mol. The summed E-state index contributed by atoms with van der Waals surface area (Å²) in [5.41, 5.74) is 4.32. The smallest absolute Gasteiger partial charge is 0.340 e. The molecule has 0 spiro atoms. The Morgan fingerprint density at radius 1 is 1.00 bits per heavy atom. The molecule has 0 heterocycles. The van der Waals surface area contributed by atoms with Gasteiger partial charge in [-0.05, 0) is 65.2 Å². The number of carbonyl (C=O) groups is 2. The van der Waals surface area contributed by atoms with Crippen LogP contribution in [-0.2, 0) is 14.3 Å². The van der Waals surface area contributed by atoms with Crippen molar-refractivity contribution in [1.82, 2.24) is 0 Å². The first-order valence-corrected chi connectivity index (χ1v) is 13.5. The molecule has 1 rings (SSSR count). The highest BCUT2D eigenvalue weighted by Gasteiger charge is 2.20. The number of nitrogens with one attached hydrogen (secondary N) is 1. The molecule has 6 nitrogen and oxygen atoms in total. The van der Waals surface area contributed by atoms with Gasteiger partial charge in [-0.15, -0.1) is 0 Å². The van der Waals surface area contributed by atoms with Crippen LogP contribution in [0.1, 0.15) is 96.3 Å². The van der Waals surface area contributed by atoms with E-state index in [1.54, 1.807) is 20.0 Å². The van der Waals surface area contributed by atoms with Gasteiger partial charge >= 0.3 is 5.97 Å². The summed E-state index contributed by atoms with van der Waals surface area (Å²) in [6.07, 6.45) is 13.6. The highest BCUT2D eigenvalue weighted by atomic mass is 16.5. The maximum absolute atomic E-state index is 12.9. The number of nitrogens with zero attached hydrogens (tertiary/aromatic N) is 1. The number of ether oxygens (including phenoxy) is 2. The summed E-state index contributed by atoms with van der Waals surface area (Å²) in [5, 5.41) is 3.42. The summed E-state index contributed by atoms with van der Waals surface area (Å²) in [5.74, 6) is -0.658. The molecule has 0 fully saturated rings. The number of carbonyl (C=O) groups excluding carboxylic acids is 2. The zero-order valence-corrected chi connectivity index (χ0v) is 23.5. The Kier molecular flexibility index (Phi) is 16.3. The van der Waals surface area contributed by atoms with Crippen LogP contribution in [0.2, 0.25) is 0 Å². The molecule has 0 atom stereocenters. The molecule has 36 heavy (non-hydrogen) atoms. The van der Waals surface area contributed by atoms with Gasteiger partial charge in [0.2, 0.25) is 0 Å². The number of benzene rings is 1. The fourth-order valence-electron chi connectivity index (χ4n) is 3.71. The van der Waals surface area contributed by atoms with Crippen molar-refractivity contribution in [2.45, 2.75) is 86.0 Å². The van der Waals surface area contributed by atoms with E-state index in [0.29, 0.717) is 17.9 Å². The Bertz CT molecular complexity index is 857. The van der Waals surface area contributed by atoms with Gasteiger partial charge in [-0.2, -0.15) is 0 Å². The quantitative estimate of drug-likeness (QED) is 0.130. The van der Waals surface area contributed by atoms with Crippen molar-refractivity contribution < 1.29 is 19.1 Å². The highest BCUT2D eigenvalue weighted by molar-refractivity contribution is 6.03. The first kappa shape index (κ1) is 31.4. The highest BCUT2D eigenvalue weighted by Crippen LogP contribution is 2.25. The molecule has 0 saturated carbocycles. The summed E-state index contributed by atoms with van der Waals surface area (Å²) in [7, 11) is 1.67. The van der Waals surface area contributed by atoms with E-state index in [1.165, 1.54) is 48.2 Å². The van der Waals surface area contributed by atoms with Crippen LogP contribution < -0.4 is 10.2 Å². The van der Waals surface area contributed by atoms with Gasteiger partial charge in [-0.3, -0.25) is 4.79 Å². The maximum atomic E-state index is 12.9. The van der Waals surface area contributed by atoms with E-state index in [4.69, 9.17) is 9.47 Å². The minimum atomic E-state index is -0.439. The van der Waals surface area contributed by atoms with Crippen molar-refractivity contribution in [2.24, 2.45) is 0 Å². The number of anilines is 2. The van der Waals surface area contributed by atoms with Gasteiger partial charge in [0.15, 0.2) is 0 Å². The lowest BCUT2D eigenvalue weighted by Gasteiger charge is -2.21. The molecule has 0 aliphatic heterocycles. The minimum Gasteiger partial charge on any atom is -0.462 e. The predicted octanol–water partition coefficient (Wildman–Crippen LogP) is 7.31. The van der Waals surface area contributed by atoms with Crippen LogP contribution in [0.4, 0.5) is 11.4 Å². The van der Waals surface area contributed by atoms with Gasteiger partial charge in [0, 0.05) is 19.3 Å². The van der Waals surface area contributed by atoms with E-state index in [9.17, 15) is 9.59 Å². The van der Waals surface area contributed by atoms with E-state index >= 15 is 0 Å². The lowest BCUT2D eigenvalue weighted by molar-refractivity contribution is -0.122. The van der Waals surface area contributed by atoms with Crippen LogP contribution in [0.25, 0.3) is 0 Å². The van der Waals surface area contributed by atoms with Gasteiger partial charge in [0.05, 0.1) is 24.5 Å². The molecule has 1 amide bonds. The molecule has 0 aliphatic rings. The lowest BCUT2D eigenvalue weighted by atomic mass is 10.1. The van der Waals surface area contributed by atoms with Crippen LogP contribution in [0.3, 0.4) is 0 Å². The van der Waals surface area contributed by atoms with Crippen molar-refractivity contribution in [3.63, 3.8) is 0 Å². The Morgan fingerprint density at radius 2 is 1.72 bits per heavy atom. The van der Waals surface area contributed by atoms with Crippen LogP contribution in [-0.4, -0.2) is 45.3 Å². The molecular formula is C30H48N2O4. The number of unbranched alkanes of at least 4 members (excludes halogenated alkanes) is 5. The first-order chi connectivity index (χ1) is 17.3. The minimum absolute atomic E-state index is 0.0636. The zero-order valence-electron chi connectivity index (χ0n) is 23.5. The Balaban J connectivity index is 2.73.